The molecule has 0 bridgehead atoms. The Hall–Kier alpha value is -1.68. The molecule has 4 heteroatoms. The van der Waals surface area contributed by atoms with Gasteiger partial charge in [-0.2, -0.15) is 0 Å². The van der Waals surface area contributed by atoms with Gasteiger partial charge in [-0.25, -0.2) is 0 Å². The van der Waals surface area contributed by atoms with Crippen molar-refractivity contribution in [1.29, 1.82) is 0 Å². The highest BCUT2D eigenvalue weighted by Gasteiger charge is 2.26. The third kappa shape index (κ3) is 3.69. The van der Waals surface area contributed by atoms with Gasteiger partial charge in [0.05, 0.1) is 17.3 Å². The zero-order chi connectivity index (χ0) is 18.8. The fourth-order valence-electron chi connectivity index (χ4n) is 3.73. The molecule has 0 spiro atoms. The summed E-state index contributed by atoms with van der Waals surface area (Å²) in [5.41, 5.74) is 3.82. The van der Waals surface area contributed by atoms with Crippen LogP contribution in [0.4, 0.5) is 5.69 Å². The summed E-state index contributed by atoms with van der Waals surface area (Å²) in [6.07, 6.45) is 7.78. The van der Waals surface area contributed by atoms with Crippen LogP contribution in [0.15, 0.2) is 74.7 Å². The fourth-order valence-corrected chi connectivity index (χ4v) is 5.21. The summed E-state index contributed by atoms with van der Waals surface area (Å²) in [5, 5.41) is 4.78. The summed E-state index contributed by atoms with van der Waals surface area (Å²) in [6, 6.07) is 13.0. The van der Waals surface area contributed by atoms with Crippen LogP contribution in [0.1, 0.15) is 26.2 Å². The molecule has 1 aliphatic carbocycles. The Morgan fingerprint density at radius 1 is 1.15 bits per heavy atom. The minimum absolute atomic E-state index is 0.695. The molecule has 27 heavy (non-hydrogen) atoms. The van der Waals surface area contributed by atoms with Crippen LogP contribution in [0.3, 0.4) is 0 Å². The number of rotatable bonds is 4. The number of benzene rings is 2. The predicted molar refractivity (Wildman–Crippen MR) is 118 cm³/mol. The maximum atomic E-state index is 6.55. The van der Waals surface area contributed by atoms with Gasteiger partial charge in [-0.3, -0.25) is 0 Å². The summed E-state index contributed by atoms with van der Waals surface area (Å²) in [6.45, 7) is 3.67. The molecular weight excluding hydrogens is 374 g/mol. The van der Waals surface area contributed by atoms with Crippen LogP contribution in [0.25, 0.3) is 10.8 Å². The van der Waals surface area contributed by atoms with Crippen molar-refractivity contribution in [3.63, 3.8) is 0 Å². The van der Waals surface area contributed by atoms with E-state index in [0.29, 0.717) is 6.61 Å². The number of thioether (sulfide) groups is 1. The van der Waals surface area contributed by atoms with Crippen LogP contribution < -0.4 is 4.90 Å². The maximum absolute atomic E-state index is 6.55. The van der Waals surface area contributed by atoms with Crippen LogP contribution in [0, 0.1) is 0 Å². The Morgan fingerprint density at radius 2 is 2.00 bits per heavy atom. The summed E-state index contributed by atoms with van der Waals surface area (Å²) in [7, 11) is 1.76. The highest BCUT2D eigenvalue weighted by molar-refractivity contribution is 8.04. The van der Waals surface area contributed by atoms with Gasteiger partial charge in [-0.05, 0) is 54.7 Å². The normalized spacial score (nSPS) is 20.2. The second-order valence-corrected chi connectivity index (χ2v) is 8.43. The summed E-state index contributed by atoms with van der Waals surface area (Å²) in [5.74, 6) is 0. The lowest BCUT2D eigenvalue weighted by Gasteiger charge is -2.20. The molecular formula is C23H24ClNOS. The molecule has 0 amide bonds. The van der Waals surface area contributed by atoms with Crippen molar-refractivity contribution in [2.75, 3.05) is 25.2 Å². The Bertz CT molecular complexity index is 960. The fraction of sp³-hybridized carbons (Fsp3) is 0.304. The minimum atomic E-state index is 0.695. The number of ether oxygens (including phenoxy) is 1. The number of hydrogen-bond acceptors (Lipinski definition) is 3. The van der Waals surface area contributed by atoms with Crippen LogP contribution >= 0.6 is 23.4 Å². The first-order valence-electron chi connectivity index (χ1n) is 9.41. The smallest absolute Gasteiger partial charge is 0.0802 e. The molecule has 0 unspecified atom stereocenters. The average molecular weight is 398 g/mol. The van der Waals surface area contributed by atoms with Gasteiger partial charge in [-0.15, -0.1) is 0 Å². The predicted octanol–water partition coefficient (Wildman–Crippen LogP) is 6.86. The van der Waals surface area contributed by atoms with Crippen LogP contribution in [-0.4, -0.2) is 20.3 Å². The zero-order valence-corrected chi connectivity index (χ0v) is 17.4. The molecule has 0 atom stereocenters. The van der Waals surface area contributed by atoms with E-state index in [-0.39, 0.29) is 0 Å². The molecule has 2 aromatic carbocycles. The Balaban J connectivity index is 1.74. The molecule has 0 fully saturated rings. The quantitative estimate of drug-likeness (QED) is 0.558. The van der Waals surface area contributed by atoms with Crippen molar-refractivity contribution < 1.29 is 4.74 Å². The molecule has 1 heterocycles. The van der Waals surface area contributed by atoms with Gasteiger partial charge in [0.2, 0.25) is 0 Å². The largest absolute Gasteiger partial charge is 0.383 e. The van der Waals surface area contributed by atoms with Gasteiger partial charge < -0.3 is 9.64 Å². The number of hydrogen-bond donors (Lipinski definition) is 0. The van der Waals surface area contributed by atoms with E-state index < -0.39 is 0 Å². The number of halogens is 1. The highest BCUT2D eigenvalue weighted by atomic mass is 35.5. The lowest BCUT2D eigenvalue weighted by molar-refractivity contribution is 0.207. The topological polar surface area (TPSA) is 12.5 Å². The highest BCUT2D eigenvalue weighted by Crippen LogP contribution is 2.49. The van der Waals surface area contributed by atoms with Crippen molar-refractivity contribution >= 4 is 39.8 Å². The number of allylic oxidation sites excluding steroid dienone is 5. The molecule has 1 aliphatic heterocycles. The first-order valence-corrected chi connectivity index (χ1v) is 10.6. The van der Waals surface area contributed by atoms with Crippen molar-refractivity contribution in [2.45, 2.75) is 31.1 Å². The first-order chi connectivity index (χ1) is 13.2. The molecule has 0 N–H and O–H groups in total. The van der Waals surface area contributed by atoms with Gasteiger partial charge in [0, 0.05) is 23.6 Å². The molecule has 2 aromatic rings. The Kier molecular flexibility index (Phi) is 5.63. The molecule has 0 aromatic heterocycles. The van der Waals surface area contributed by atoms with Gasteiger partial charge in [0.25, 0.3) is 0 Å². The maximum Gasteiger partial charge on any atom is 0.0802 e. The Labute approximate surface area is 170 Å². The number of methoxy groups -OCH3 is 1. The van der Waals surface area contributed by atoms with E-state index in [2.05, 4.69) is 60.4 Å². The van der Waals surface area contributed by atoms with Crippen molar-refractivity contribution in [3.8, 4) is 0 Å². The zero-order valence-electron chi connectivity index (χ0n) is 15.8. The molecule has 140 valence electrons. The van der Waals surface area contributed by atoms with E-state index in [9.17, 15) is 0 Å². The molecule has 4 rings (SSSR count). The second-order valence-electron chi connectivity index (χ2n) is 7.03. The Morgan fingerprint density at radius 3 is 2.85 bits per heavy atom. The number of fused-ring (bicyclic) bond motifs is 3. The van der Waals surface area contributed by atoms with E-state index in [1.165, 1.54) is 44.0 Å². The third-order valence-electron chi connectivity index (χ3n) is 5.22. The van der Waals surface area contributed by atoms with Gasteiger partial charge in [0.1, 0.15) is 0 Å². The molecule has 0 saturated heterocycles. The van der Waals surface area contributed by atoms with Gasteiger partial charge in [-0.1, -0.05) is 65.3 Å². The van der Waals surface area contributed by atoms with Crippen LogP contribution in [-0.2, 0) is 4.74 Å². The summed E-state index contributed by atoms with van der Waals surface area (Å²) < 4.78 is 5.36. The lowest BCUT2D eigenvalue weighted by atomic mass is 9.96. The van der Waals surface area contributed by atoms with Crippen molar-refractivity contribution in [1.82, 2.24) is 0 Å². The minimum Gasteiger partial charge on any atom is -0.383 e. The van der Waals surface area contributed by atoms with Crippen LogP contribution in [0.5, 0.6) is 0 Å². The SMILES string of the molecule is COCCN1/C(=C/C=C2\CCCC(C)=C2Cl)Sc2c1ccc1ccccc21. The van der Waals surface area contributed by atoms with Gasteiger partial charge in [0.15, 0.2) is 0 Å². The molecule has 2 aliphatic rings. The standard InChI is InChI=1S/C23H24ClNOS/c1-16-6-5-8-18(22(16)24)11-13-21-25(14-15-26-2)20-12-10-17-7-3-4-9-19(17)23(20)27-21/h3-4,7,9-13H,5-6,8,14-15H2,1-2H3/b18-11+,21-13-. The molecule has 0 radical (unpaired) electrons. The van der Waals surface area contributed by atoms with E-state index in [0.717, 1.165) is 24.4 Å². The van der Waals surface area contributed by atoms with E-state index in [1.54, 1.807) is 7.11 Å². The van der Waals surface area contributed by atoms with E-state index in [4.69, 9.17) is 16.3 Å². The lowest BCUT2D eigenvalue weighted by Crippen LogP contribution is -2.22. The molecule has 0 saturated carbocycles. The van der Waals surface area contributed by atoms with Crippen LogP contribution in [0.2, 0.25) is 0 Å². The average Bonchev–Trinajstić information content (AvgIpc) is 3.05. The second kappa shape index (κ2) is 8.14. The molecule has 2 nitrogen and oxygen atoms in total. The van der Waals surface area contributed by atoms with Gasteiger partial charge >= 0.3 is 0 Å². The summed E-state index contributed by atoms with van der Waals surface area (Å²) in [4.78, 5) is 3.69. The number of nitrogens with zero attached hydrogens (tertiary/aromatic N) is 1. The third-order valence-corrected chi connectivity index (χ3v) is 6.99. The van der Waals surface area contributed by atoms with E-state index in [1.807, 2.05) is 11.8 Å². The van der Waals surface area contributed by atoms with Crippen molar-refractivity contribution in [2.24, 2.45) is 0 Å². The van der Waals surface area contributed by atoms with E-state index >= 15 is 0 Å². The summed E-state index contributed by atoms with van der Waals surface area (Å²) >= 11 is 8.39. The first kappa shape index (κ1) is 18.7. The van der Waals surface area contributed by atoms with Crippen molar-refractivity contribution in [3.05, 3.63) is 69.8 Å². The number of anilines is 1. The monoisotopic (exact) mass is 397 g/mol.